The zero-order chi connectivity index (χ0) is 15.2. The maximum atomic E-state index is 12.6. The number of hydrogen-bond acceptors (Lipinski definition) is 2. The lowest BCUT2D eigenvalue weighted by atomic mass is 10.1. The fraction of sp³-hybridized carbons (Fsp3) is 0.294. The molecule has 0 bridgehead atoms. The van der Waals surface area contributed by atoms with E-state index in [1.807, 2.05) is 44.2 Å². The Morgan fingerprint density at radius 1 is 1.05 bits per heavy atom. The van der Waals surface area contributed by atoms with Crippen LogP contribution < -0.4 is 10.1 Å². The summed E-state index contributed by atoms with van der Waals surface area (Å²) in [5.74, 6) is 0.815. The van der Waals surface area contributed by atoms with Gasteiger partial charge >= 0.3 is 0 Å². The molecule has 0 aliphatic heterocycles. The molecule has 0 fully saturated rings. The highest BCUT2D eigenvalue weighted by molar-refractivity contribution is 5.47. The fourth-order valence-corrected chi connectivity index (χ4v) is 1.97. The molecule has 0 aliphatic rings. The Balaban J connectivity index is 1.95. The van der Waals surface area contributed by atoms with Crippen LogP contribution in [0.3, 0.4) is 0 Å². The van der Waals surface area contributed by atoms with Crippen molar-refractivity contribution in [3.8, 4) is 5.75 Å². The summed E-state index contributed by atoms with van der Waals surface area (Å²) in [7, 11) is 0. The molecule has 2 rings (SSSR count). The quantitative estimate of drug-likeness (QED) is 0.806. The second kappa shape index (κ2) is 7.07. The van der Waals surface area contributed by atoms with Gasteiger partial charge in [-0.1, -0.05) is 18.2 Å². The van der Waals surface area contributed by atoms with Gasteiger partial charge < -0.3 is 10.1 Å². The van der Waals surface area contributed by atoms with Crippen molar-refractivity contribution in [3.63, 3.8) is 0 Å². The van der Waals surface area contributed by atoms with Crippen LogP contribution in [0.1, 0.15) is 31.4 Å². The van der Waals surface area contributed by atoms with Crippen LogP contribution in [0.25, 0.3) is 0 Å². The number of rotatable bonds is 6. The zero-order valence-electron chi connectivity index (χ0n) is 12.1. The summed E-state index contributed by atoms with van der Waals surface area (Å²) in [6.45, 7) is 4.45. The third-order valence-corrected chi connectivity index (χ3v) is 2.93. The number of halogens is 2. The minimum Gasteiger partial charge on any atom is -0.491 e. The third-order valence-electron chi connectivity index (χ3n) is 2.93. The predicted octanol–water partition coefficient (Wildman–Crippen LogP) is 5.02. The lowest BCUT2D eigenvalue weighted by molar-refractivity contribution is 0.151. The van der Waals surface area contributed by atoms with Crippen molar-refractivity contribution in [1.82, 2.24) is 0 Å². The zero-order valence-corrected chi connectivity index (χ0v) is 12.1. The molecule has 0 heterocycles. The second-order valence-electron chi connectivity index (χ2n) is 5.09. The van der Waals surface area contributed by atoms with E-state index in [0.717, 1.165) is 17.0 Å². The highest BCUT2D eigenvalue weighted by Gasteiger charge is 2.06. The normalized spacial score (nSPS) is 11.0. The van der Waals surface area contributed by atoms with Gasteiger partial charge in [-0.15, -0.1) is 0 Å². The van der Waals surface area contributed by atoms with Crippen LogP contribution >= 0.6 is 0 Å². The van der Waals surface area contributed by atoms with E-state index in [0.29, 0.717) is 6.54 Å². The van der Waals surface area contributed by atoms with Gasteiger partial charge in [-0.25, -0.2) is 8.78 Å². The summed E-state index contributed by atoms with van der Waals surface area (Å²) in [5, 5.41) is 3.21. The highest BCUT2D eigenvalue weighted by atomic mass is 19.3. The van der Waals surface area contributed by atoms with E-state index < -0.39 is 6.43 Å². The highest BCUT2D eigenvalue weighted by Crippen LogP contribution is 2.21. The fourth-order valence-electron chi connectivity index (χ4n) is 1.97. The van der Waals surface area contributed by atoms with Crippen molar-refractivity contribution in [3.05, 3.63) is 59.7 Å². The number of alkyl halides is 2. The maximum absolute atomic E-state index is 12.6. The van der Waals surface area contributed by atoms with Gasteiger partial charge in [0.1, 0.15) is 5.75 Å². The van der Waals surface area contributed by atoms with Gasteiger partial charge in [0.15, 0.2) is 0 Å². The number of hydrogen-bond donors (Lipinski definition) is 1. The molecule has 112 valence electrons. The molecule has 0 spiro atoms. The van der Waals surface area contributed by atoms with Gasteiger partial charge in [0.25, 0.3) is 6.43 Å². The number of nitrogens with one attached hydrogen (secondary N) is 1. The number of anilines is 1. The van der Waals surface area contributed by atoms with Crippen molar-refractivity contribution in [2.24, 2.45) is 0 Å². The maximum Gasteiger partial charge on any atom is 0.263 e. The summed E-state index contributed by atoms with van der Waals surface area (Å²) in [4.78, 5) is 0. The second-order valence-corrected chi connectivity index (χ2v) is 5.09. The van der Waals surface area contributed by atoms with Crippen LogP contribution in [0.2, 0.25) is 0 Å². The third kappa shape index (κ3) is 4.74. The summed E-state index contributed by atoms with van der Waals surface area (Å²) < 4.78 is 30.8. The topological polar surface area (TPSA) is 21.3 Å². The van der Waals surface area contributed by atoms with E-state index >= 15 is 0 Å². The minimum absolute atomic E-state index is 0.0509. The lowest BCUT2D eigenvalue weighted by Crippen LogP contribution is -2.05. The molecule has 2 nitrogen and oxygen atoms in total. The smallest absolute Gasteiger partial charge is 0.263 e. The first-order chi connectivity index (χ1) is 10.0. The van der Waals surface area contributed by atoms with Crippen LogP contribution in [0.5, 0.6) is 5.75 Å². The van der Waals surface area contributed by atoms with Gasteiger partial charge in [0, 0.05) is 17.8 Å². The van der Waals surface area contributed by atoms with E-state index in [1.165, 1.54) is 12.1 Å². The molecule has 2 aromatic rings. The van der Waals surface area contributed by atoms with Crippen molar-refractivity contribution in [1.29, 1.82) is 0 Å². The molecule has 0 aliphatic carbocycles. The van der Waals surface area contributed by atoms with Crippen LogP contribution in [0.4, 0.5) is 14.5 Å². The minimum atomic E-state index is -2.43. The first-order valence-electron chi connectivity index (χ1n) is 6.92. The van der Waals surface area contributed by atoms with E-state index in [9.17, 15) is 8.78 Å². The van der Waals surface area contributed by atoms with E-state index in [2.05, 4.69) is 5.32 Å². The molecule has 21 heavy (non-hydrogen) atoms. The molecule has 0 saturated carbocycles. The standard InChI is InChI=1S/C17H19F2NO/c1-12(2)21-16-8-6-15(7-9-16)20-11-13-4-3-5-14(10-13)17(18)19/h3-10,12,17,20H,11H2,1-2H3. The average Bonchev–Trinajstić information content (AvgIpc) is 2.46. The molecular formula is C17H19F2NO. The largest absolute Gasteiger partial charge is 0.491 e. The molecule has 0 saturated heterocycles. The summed E-state index contributed by atoms with van der Waals surface area (Å²) >= 11 is 0. The first-order valence-corrected chi connectivity index (χ1v) is 6.92. The van der Waals surface area contributed by atoms with E-state index in [-0.39, 0.29) is 11.7 Å². The molecule has 0 aromatic heterocycles. The van der Waals surface area contributed by atoms with Gasteiger partial charge in [-0.2, -0.15) is 0 Å². The van der Waals surface area contributed by atoms with Crippen molar-refractivity contribution in [2.45, 2.75) is 32.9 Å². The molecule has 0 unspecified atom stereocenters. The number of ether oxygens (including phenoxy) is 1. The molecule has 0 atom stereocenters. The molecule has 4 heteroatoms. The predicted molar refractivity (Wildman–Crippen MR) is 80.9 cm³/mol. The molecular weight excluding hydrogens is 272 g/mol. The first kappa shape index (κ1) is 15.3. The van der Waals surface area contributed by atoms with Crippen LogP contribution in [-0.4, -0.2) is 6.10 Å². The molecule has 0 amide bonds. The van der Waals surface area contributed by atoms with E-state index in [4.69, 9.17) is 4.74 Å². The monoisotopic (exact) mass is 291 g/mol. The Labute approximate surface area is 123 Å². The lowest BCUT2D eigenvalue weighted by Gasteiger charge is -2.11. The van der Waals surface area contributed by atoms with Crippen LogP contribution in [0.15, 0.2) is 48.5 Å². The average molecular weight is 291 g/mol. The molecule has 2 aromatic carbocycles. The Morgan fingerprint density at radius 3 is 2.38 bits per heavy atom. The Bertz CT molecular complexity index is 567. The summed E-state index contributed by atoms with van der Waals surface area (Å²) in [6, 6.07) is 14.0. The van der Waals surface area contributed by atoms with Crippen LogP contribution in [0, 0.1) is 0 Å². The molecule has 1 N–H and O–H groups in total. The van der Waals surface area contributed by atoms with Crippen LogP contribution in [-0.2, 0) is 6.54 Å². The van der Waals surface area contributed by atoms with Gasteiger partial charge in [0.05, 0.1) is 6.10 Å². The SMILES string of the molecule is CC(C)Oc1ccc(NCc2cccc(C(F)F)c2)cc1. The Hall–Kier alpha value is -2.10. The summed E-state index contributed by atoms with van der Waals surface area (Å²) in [6.07, 6.45) is -2.29. The Morgan fingerprint density at radius 2 is 1.76 bits per heavy atom. The van der Waals surface area contributed by atoms with Crippen molar-refractivity contribution >= 4 is 5.69 Å². The number of benzene rings is 2. The van der Waals surface area contributed by atoms with Gasteiger partial charge in [-0.3, -0.25) is 0 Å². The van der Waals surface area contributed by atoms with E-state index in [1.54, 1.807) is 6.07 Å². The summed E-state index contributed by atoms with van der Waals surface area (Å²) in [5.41, 5.74) is 1.80. The van der Waals surface area contributed by atoms with Gasteiger partial charge in [0.2, 0.25) is 0 Å². The van der Waals surface area contributed by atoms with Gasteiger partial charge in [-0.05, 0) is 49.7 Å². The van der Waals surface area contributed by atoms with Crippen molar-refractivity contribution in [2.75, 3.05) is 5.32 Å². The Kier molecular flexibility index (Phi) is 5.14. The van der Waals surface area contributed by atoms with Crippen molar-refractivity contribution < 1.29 is 13.5 Å². The molecule has 0 radical (unpaired) electrons.